The Morgan fingerprint density at radius 3 is 2.80 bits per heavy atom. The van der Waals surface area contributed by atoms with Gasteiger partial charge >= 0.3 is 0 Å². The van der Waals surface area contributed by atoms with Gasteiger partial charge in [0.15, 0.2) is 0 Å². The SMILES string of the molecule is CCOCCOc1cccc(NC(=O)c2sc3ccccc3c2Cl)c1. The maximum atomic E-state index is 12.6. The van der Waals surface area contributed by atoms with Crippen molar-refractivity contribution >= 4 is 44.6 Å². The summed E-state index contributed by atoms with van der Waals surface area (Å²) in [6.07, 6.45) is 0. The molecule has 0 unspecified atom stereocenters. The molecule has 25 heavy (non-hydrogen) atoms. The molecular weight excluding hydrogens is 358 g/mol. The lowest BCUT2D eigenvalue weighted by Gasteiger charge is -2.09. The molecule has 0 bridgehead atoms. The van der Waals surface area contributed by atoms with Crippen LogP contribution in [0, 0.1) is 0 Å². The number of hydrogen-bond acceptors (Lipinski definition) is 4. The lowest BCUT2D eigenvalue weighted by molar-refractivity contribution is 0.103. The molecule has 1 N–H and O–H groups in total. The number of anilines is 1. The maximum Gasteiger partial charge on any atom is 0.267 e. The fourth-order valence-corrected chi connectivity index (χ4v) is 3.79. The van der Waals surface area contributed by atoms with E-state index in [0.29, 0.717) is 41.2 Å². The van der Waals surface area contributed by atoms with Crippen molar-refractivity contribution in [2.45, 2.75) is 6.92 Å². The van der Waals surface area contributed by atoms with Crippen LogP contribution in [0.25, 0.3) is 10.1 Å². The Hall–Kier alpha value is -2.08. The number of hydrogen-bond donors (Lipinski definition) is 1. The van der Waals surface area contributed by atoms with Crippen LogP contribution in [0.1, 0.15) is 16.6 Å². The van der Waals surface area contributed by atoms with Crippen LogP contribution in [0.3, 0.4) is 0 Å². The third kappa shape index (κ3) is 4.31. The largest absolute Gasteiger partial charge is 0.491 e. The lowest BCUT2D eigenvalue weighted by atomic mass is 10.2. The van der Waals surface area contributed by atoms with Gasteiger partial charge < -0.3 is 14.8 Å². The van der Waals surface area contributed by atoms with Crippen molar-refractivity contribution in [1.29, 1.82) is 0 Å². The molecular formula is C19H18ClNO3S. The van der Waals surface area contributed by atoms with Crippen molar-refractivity contribution in [3.8, 4) is 5.75 Å². The summed E-state index contributed by atoms with van der Waals surface area (Å²) in [6.45, 7) is 3.60. The van der Waals surface area contributed by atoms with Crippen molar-refractivity contribution in [3.05, 3.63) is 58.4 Å². The molecule has 1 aromatic heterocycles. The number of thiophene rings is 1. The van der Waals surface area contributed by atoms with Gasteiger partial charge in [-0.15, -0.1) is 11.3 Å². The van der Waals surface area contributed by atoms with Crippen LogP contribution in [-0.4, -0.2) is 25.7 Å². The smallest absolute Gasteiger partial charge is 0.267 e. The fraction of sp³-hybridized carbons (Fsp3) is 0.211. The van der Waals surface area contributed by atoms with Crippen LogP contribution in [-0.2, 0) is 4.74 Å². The number of carbonyl (C=O) groups is 1. The molecule has 6 heteroatoms. The van der Waals surface area contributed by atoms with Crippen LogP contribution in [0.4, 0.5) is 5.69 Å². The number of nitrogens with one attached hydrogen (secondary N) is 1. The second-order valence-corrected chi connectivity index (χ2v) is 6.70. The molecule has 0 aliphatic rings. The van der Waals surface area contributed by atoms with Crippen LogP contribution in [0.2, 0.25) is 5.02 Å². The van der Waals surface area contributed by atoms with E-state index in [1.807, 2.05) is 49.4 Å². The van der Waals surface area contributed by atoms with Crippen molar-refractivity contribution in [2.75, 3.05) is 25.1 Å². The van der Waals surface area contributed by atoms with E-state index in [-0.39, 0.29) is 5.91 Å². The normalized spacial score (nSPS) is 10.8. The minimum atomic E-state index is -0.224. The zero-order valence-corrected chi connectivity index (χ0v) is 15.3. The Morgan fingerprint density at radius 2 is 2.00 bits per heavy atom. The average Bonchev–Trinajstić information content (AvgIpc) is 2.96. The molecule has 4 nitrogen and oxygen atoms in total. The highest BCUT2D eigenvalue weighted by Crippen LogP contribution is 2.35. The van der Waals surface area contributed by atoms with E-state index >= 15 is 0 Å². The standard InChI is InChI=1S/C19H18ClNO3S/c1-2-23-10-11-24-14-7-5-6-13(12-14)21-19(22)18-17(20)15-8-3-4-9-16(15)25-18/h3-9,12H,2,10-11H2,1H3,(H,21,22). The van der Waals surface area contributed by atoms with Crippen molar-refractivity contribution in [1.82, 2.24) is 0 Å². The van der Waals surface area contributed by atoms with Crippen LogP contribution >= 0.6 is 22.9 Å². The Morgan fingerprint density at radius 1 is 1.16 bits per heavy atom. The Kier molecular flexibility index (Phi) is 5.91. The summed E-state index contributed by atoms with van der Waals surface area (Å²) in [7, 11) is 0. The molecule has 0 atom stereocenters. The molecule has 0 aliphatic carbocycles. The highest BCUT2D eigenvalue weighted by molar-refractivity contribution is 7.21. The molecule has 0 saturated heterocycles. The predicted molar refractivity (Wildman–Crippen MR) is 103 cm³/mol. The van der Waals surface area contributed by atoms with Crippen LogP contribution in [0.5, 0.6) is 5.75 Å². The van der Waals surface area contributed by atoms with Gasteiger partial charge in [0.05, 0.1) is 11.6 Å². The van der Waals surface area contributed by atoms with Gasteiger partial charge in [-0.05, 0) is 25.1 Å². The van der Waals surface area contributed by atoms with Gasteiger partial charge in [-0.1, -0.05) is 35.9 Å². The summed E-state index contributed by atoms with van der Waals surface area (Å²) in [5, 5.41) is 4.26. The lowest BCUT2D eigenvalue weighted by Crippen LogP contribution is -2.11. The Bertz CT molecular complexity index is 878. The first-order valence-corrected chi connectivity index (χ1v) is 9.17. The first-order valence-electron chi connectivity index (χ1n) is 7.98. The van der Waals surface area contributed by atoms with Gasteiger partial charge in [-0.25, -0.2) is 0 Å². The molecule has 0 spiro atoms. The summed E-state index contributed by atoms with van der Waals surface area (Å²) < 4.78 is 11.8. The molecule has 0 radical (unpaired) electrons. The first-order chi connectivity index (χ1) is 12.2. The topological polar surface area (TPSA) is 47.6 Å². The maximum absolute atomic E-state index is 12.6. The number of ether oxygens (including phenoxy) is 2. The van der Waals surface area contributed by atoms with E-state index in [1.54, 1.807) is 6.07 Å². The number of rotatable bonds is 7. The summed E-state index contributed by atoms with van der Waals surface area (Å²) in [4.78, 5) is 13.1. The summed E-state index contributed by atoms with van der Waals surface area (Å²) >= 11 is 7.74. The van der Waals surface area contributed by atoms with Gasteiger partial charge in [0.2, 0.25) is 0 Å². The molecule has 0 saturated carbocycles. The molecule has 130 valence electrons. The third-order valence-electron chi connectivity index (χ3n) is 3.53. The van der Waals surface area contributed by atoms with E-state index in [1.165, 1.54) is 11.3 Å². The molecule has 2 aromatic carbocycles. The Labute approximate surface area is 155 Å². The van der Waals surface area contributed by atoms with Gasteiger partial charge in [0.1, 0.15) is 17.2 Å². The third-order valence-corrected chi connectivity index (χ3v) is 5.21. The van der Waals surface area contributed by atoms with E-state index in [9.17, 15) is 4.79 Å². The minimum Gasteiger partial charge on any atom is -0.491 e. The Balaban J connectivity index is 1.71. The number of amides is 1. The zero-order chi connectivity index (χ0) is 17.6. The second-order valence-electron chi connectivity index (χ2n) is 5.27. The van der Waals surface area contributed by atoms with Crippen molar-refractivity contribution in [2.24, 2.45) is 0 Å². The highest BCUT2D eigenvalue weighted by Gasteiger charge is 2.17. The number of fused-ring (bicyclic) bond motifs is 1. The zero-order valence-electron chi connectivity index (χ0n) is 13.8. The molecule has 1 heterocycles. The number of benzene rings is 2. The van der Waals surface area contributed by atoms with Crippen LogP contribution in [0.15, 0.2) is 48.5 Å². The quantitative estimate of drug-likeness (QED) is 0.576. The second kappa shape index (κ2) is 8.34. The van der Waals surface area contributed by atoms with Gasteiger partial charge in [0.25, 0.3) is 5.91 Å². The van der Waals surface area contributed by atoms with Gasteiger partial charge in [0, 0.05) is 28.4 Å². The van der Waals surface area contributed by atoms with Gasteiger partial charge in [-0.2, -0.15) is 0 Å². The average molecular weight is 376 g/mol. The molecule has 3 rings (SSSR count). The predicted octanol–water partition coefficient (Wildman–Crippen LogP) is 5.22. The van der Waals surface area contributed by atoms with Crippen LogP contribution < -0.4 is 10.1 Å². The van der Waals surface area contributed by atoms with E-state index in [4.69, 9.17) is 21.1 Å². The number of halogens is 1. The van der Waals surface area contributed by atoms with E-state index in [2.05, 4.69) is 5.32 Å². The molecule has 1 amide bonds. The molecule has 0 fully saturated rings. The van der Waals surface area contributed by atoms with Crippen molar-refractivity contribution in [3.63, 3.8) is 0 Å². The highest BCUT2D eigenvalue weighted by atomic mass is 35.5. The monoisotopic (exact) mass is 375 g/mol. The molecule has 3 aromatic rings. The van der Waals surface area contributed by atoms with Crippen molar-refractivity contribution < 1.29 is 14.3 Å². The summed E-state index contributed by atoms with van der Waals surface area (Å²) in [5.74, 6) is 0.456. The summed E-state index contributed by atoms with van der Waals surface area (Å²) in [5.41, 5.74) is 0.660. The van der Waals surface area contributed by atoms with E-state index < -0.39 is 0 Å². The minimum absolute atomic E-state index is 0.224. The van der Waals surface area contributed by atoms with E-state index in [0.717, 1.165) is 10.1 Å². The fourth-order valence-electron chi connectivity index (χ4n) is 2.37. The molecule has 0 aliphatic heterocycles. The number of carbonyl (C=O) groups excluding carboxylic acids is 1. The first kappa shape index (κ1) is 17.7. The summed E-state index contributed by atoms with van der Waals surface area (Å²) in [6, 6.07) is 15.0. The van der Waals surface area contributed by atoms with Gasteiger partial charge in [-0.3, -0.25) is 4.79 Å².